The zero-order valence-corrected chi connectivity index (χ0v) is 11.1. The molecule has 1 unspecified atom stereocenters. The van der Waals surface area contributed by atoms with Crippen LogP contribution in [-0.4, -0.2) is 0 Å². The Morgan fingerprint density at radius 1 is 1.00 bits per heavy atom. The molecule has 0 aromatic heterocycles. The third kappa shape index (κ3) is 2.15. The number of fused-ring (bicyclic) bond motifs is 1. The highest BCUT2D eigenvalue weighted by molar-refractivity contribution is 9.10. The lowest BCUT2D eigenvalue weighted by molar-refractivity contribution is 0.498. The molecule has 3 rings (SSSR count). The number of rotatable bonds is 1. The van der Waals surface area contributed by atoms with E-state index in [9.17, 15) is 0 Å². The van der Waals surface area contributed by atoms with E-state index in [-0.39, 0.29) is 0 Å². The van der Waals surface area contributed by atoms with Crippen molar-refractivity contribution in [3.63, 3.8) is 0 Å². The quantitative estimate of drug-likeness (QED) is 0.840. The first-order chi connectivity index (χ1) is 8.34. The first-order valence-electron chi connectivity index (χ1n) is 5.89. The van der Waals surface area contributed by atoms with Crippen molar-refractivity contribution < 1.29 is 0 Å². The van der Waals surface area contributed by atoms with Gasteiger partial charge in [-0.25, -0.2) is 0 Å². The lowest BCUT2D eigenvalue weighted by atomic mass is 9.92. The van der Waals surface area contributed by atoms with Crippen molar-refractivity contribution >= 4 is 15.9 Å². The van der Waals surface area contributed by atoms with Gasteiger partial charge in [0, 0.05) is 17.1 Å². The van der Waals surface area contributed by atoms with Gasteiger partial charge in [0.05, 0.1) is 0 Å². The molecule has 1 aliphatic heterocycles. The second-order valence-electron chi connectivity index (χ2n) is 4.43. The molecule has 17 heavy (non-hydrogen) atoms. The molecule has 86 valence electrons. The van der Waals surface area contributed by atoms with E-state index in [0.717, 1.165) is 13.0 Å². The summed E-state index contributed by atoms with van der Waals surface area (Å²) in [6.07, 6.45) is 1.06. The smallest absolute Gasteiger partial charge is 0.0364 e. The van der Waals surface area contributed by atoms with Crippen LogP contribution in [0.25, 0.3) is 0 Å². The predicted molar refractivity (Wildman–Crippen MR) is 73.9 cm³/mol. The third-order valence-corrected chi connectivity index (χ3v) is 4.11. The second kappa shape index (κ2) is 4.63. The topological polar surface area (TPSA) is 12.0 Å². The summed E-state index contributed by atoms with van der Waals surface area (Å²) in [7, 11) is 0. The normalized spacial score (nSPS) is 18.8. The lowest BCUT2D eigenvalue weighted by Crippen LogP contribution is -2.28. The van der Waals surface area contributed by atoms with E-state index < -0.39 is 0 Å². The van der Waals surface area contributed by atoms with E-state index >= 15 is 0 Å². The fourth-order valence-electron chi connectivity index (χ4n) is 2.43. The number of nitrogens with one attached hydrogen (secondary N) is 1. The summed E-state index contributed by atoms with van der Waals surface area (Å²) in [5, 5.41) is 3.60. The fraction of sp³-hybridized carbons (Fsp3) is 0.200. The summed E-state index contributed by atoms with van der Waals surface area (Å²) in [5.74, 6) is 0. The van der Waals surface area contributed by atoms with Crippen LogP contribution < -0.4 is 5.32 Å². The average Bonchev–Trinajstić information content (AvgIpc) is 2.40. The molecule has 0 radical (unpaired) electrons. The van der Waals surface area contributed by atoms with E-state index in [0.29, 0.717) is 6.04 Å². The van der Waals surface area contributed by atoms with Crippen LogP contribution in [0, 0.1) is 0 Å². The van der Waals surface area contributed by atoms with Gasteiger partial charge in [0.2, 0.25) is 0 Å². The van der Waals surface area contributed by atoms with Crippen LogP contribution in [0.2, 0.25) is 0 Å². The highest BCUT2D eigenvalue weighted by Crippen LogP contribution is 2.30. The molecule has 0 bridgehead atoms. The summed E-state index contributed by atoms with van der Waals surface area (Å²) in [6.45, 7) is 0.953. The zero-order valence-electron chi connectivity index (χ0n) is 9.49. The molecule has 1 aliphatic rings. The van der Waals surface area contributed by atoms with Crippen LogP contribution >= 0.6 is 15.9 Å². The van der Waals surface area contributed by atoms with Crippen LogP contribution in [0.15, 0.2) is 53.0 Å². The monoisotopic (exact) mass is 287 g/mol. The van der Waals surface area contributed by atoms with E-state index in [2.05, 4.69) is 69.8 Å². The first-order valence-corrected chi connectivity index (χ1v) is 6.68. The van der Waals surface area contributed by atoms with E-state index in [4.69, 9.17) is 0 Å². The summed E-state index contributed by atoms with van der Waals surface area (Å²) in [4.78, 5) is 0. The summed E-state index contributed by atoms with van der Waals surface area (Å²) in [6, 6.07) is 17.5. The molecule has 0 fully saturated rings. The minimum Gasteiger partial charge on any atom is -0.306 e. The number of benzene rings is 2. The van der Waals surface area contributed by atoms with Gasteiger partial charge in [0.15, 0.2) is 0 Å². The van der Waals surface area contributed by atoms with Gasteiger partial charge in [-0.05, 0) is 29.2 Å². The molecule has 0 saturated carbocycles. The lowest BCUT2D eigenvalue weighted by Gasteiger charge is -2.27. The van der Waals surface area contributed by atoms with Crippen molar-refractivity contribution in [2.45, 2.75) is 19.0 Å². The van der Waals surface area contributed by atoms with Crippen molar-refractivity contribution in [1.29, 1.82) is 0 Å². The Morgan fingerprint density at radius 2 is 1.82 bits per heavy atom. The minimum atomic E-state index is 0.433. The van der Waals surface area contributed by atoms with Crippen molar-refractivity contribution in [2.24, 2.45) is 0 Å². The molecule has 1 heterocycles. The van der Waals surface area contributed by atoms with Gasteiger partial charge in [0.25, 0.3) is 0 Å². The average molecular weight is 288 g/mol. The van der Waals surface area contributed by atoms with Gasteiger partial charge >= 0.3 is 0 Å². The van der Waals surface area contributed by atoms with E-state index in [1.807, 2.05) is 0 Å². The number of hydrogen-bond acceptors (Lipinski definition) is 1. The Hall–Kier alpha value is -1.12. The molecule has 1 atom stereocenters. The van der Waals surface area contributed by atoms with Crippen molar-refractivity contribution in [3.05, 3.63) is 69.7 Å². The number of hydrogen-bond donors (Lipinski definition) is 1. The van der Waals surface area contributed by atoms with Crippen LogP contribution in [0.3, 0.4) is 0 Å². The maximum atomic E-state index is 3.65. The van der Waals surface area contributed by atoms with Gasteiger partial charge in [-0.2, -0.15) is 0 Å². The van der Waals surface area contributed by atoms with Crippen molar-refractivity contribution in [3.8, 4) is 0 Å². The Morgan fingerprint density at radius 3 is 2.65 bits per heavy atom. The van der Waals surface area contributed by atoms with Crippen LogP contribution in [0.4, 0.5) is 0 Å². The van der Waals surface area contributed by atoms with Gasteiger partial charge in [-0.3, -0.25) is 0 Å². The van der Waals surface area contributed by atoms with Gasteiger partial charge in [-0.15, -0.1) is 0 Å². The summed E-state index contributed by atoms with van der Waals surface area (Å²) >= 11 is 3.65. The Bertz CT molecular complexity index is 522. The van der Waals surface area contributed by atoms with Gasteiger partial charge in [0.1, 0.15) is 0 Å². The molecule has 0 spiro atoms. The van der Waals surface area contributed by atoms with Crippen LogP contribution in [0.1, 0.15) is 22.7 Å². The largest absolute Gasteiger partial charge is 0.306 e. The Kier molecular flexibility index (Phi) is 3.00. The second-order valence-corrected chi connectivity index (χ2v) is 5.28. The zero-order chi connectivity index (χ0) is 11.7. The minimum absolute atomic E-state index is 0.433. The molecule has 1 N–H and O–H groups in total. The number of halogens is 1. The molecular weight excluding hydrogens is 274 g/mol. The highest BCUT2D eigenvalue weighted by atomic mass is 79.9. The standard InChI is InChI=1S/C15H14BrN/c16-14-8-4-7-12-10-17-15(9-13(12)14)11-5-2-1-3-6-11/h1-8,15,17H,9-10H2. The van der Waals surface area contributed by atoms with E-state index in [1.54, 1.807) is 0 Å². The van der Waals surface area contributed by atoms with Crippen molar-refractivity contribution in [1.82, 2.24) is 5.32 Å². The molecule has 0 amide bonds. The van der Waals surface area contributed by atoms with Crippen molar-refractivity contribution in [2.75, 3.05) is 0 Å². The maximum Gasteiger partial charge on any atom is 0.0364 e. The maximum absolute atomic E-state index is 3.65. The Labute approximate surface area is 110 Å². The van der Waals surface area contributed by atoms with Crippen LogP contribution in [0.5, 0.6) is 0 Å². The SMILES string of the molecule is Brc1cccc2c1CC(c1ccccc1)NC2. The molecule has 0 aliphatic carbocycles. The van der Waals surface area contributed by atoms with Gasteiger partial charge in [-0.1, -0.05) is 58.4 Å². The van der Waals surface area contributed by atoms with Crippen LogP contribution in [-0.2, 0) is 13.0 Å². The fourth-order valence-corrected chi connectivity index (χ4v) is 3.00. The summed E-state index contributed by atoms with van der Waals surface area (Å²) < 4.78 is 1.23. The highest BCUT2D eigenvalue weighted by Gasteiger charge is 2.20. The Balaban J connectivity index is 1.93. The molecule has 2 aromatic carbocycles. The molecule has 2 aromatic rings. The predicted octanol–water partition coefficient (Wildman–Crippen LogP) is 3.84. The third-order valence-electron chi connectivity index (χ3n) is 3.36. The molecular formula is C15H14BrN. The summed E-state index contributed by atoms with van der Waals surface area (Å²) in [5.41, 5.74) is 4.22. The molecule has 0 saturated heterocycles. The first kappa shape index (κ1) is 11.0. The molecule has 2 heteroatoms. The molecule has 1 nitrogen and oxygen atoms in total. The van der Waals surface area contributed by atoms with Gasteiger partial charge < -0.3 is 5.32 Å². The van der Waals surface area contributed by atoms with E-state index in [1.165, 1.54) is 21.2 Å².